The number of methoxy groups -OCH3 is 2. The van der Waals surface area contributed by atoms with Crippen molar-refractivity contribution in [2.24, 2.45) is 0 Å². The van der Waals surface area contributed by atoms with E-state index in [0.29, 0.717) is 33.7 Å². The quantitative estimate of drug-likeness (QED) is 0.424. The van der Waals surface area contributed by atoms with Crippen molar-refractivity contribution in [3.63, 3.8) is 0 Å². The molecule has 1 aliphatic heterocycles. The van der Waals surface area contributed by atoms with Crippen LogP contribution in [0.2, 0.25) is 0 Å². The Morgan fingerprint density at radius 2 is 1.86 bits per heavy atom. The maximum absolute atomic E-state index is 12.6. The summed E-state index contributed by atoms with van der Waals surface area (Å²) in [6.07, 6.45) is 3.33. The predicted octanol–water partition coefficient (Wildman–Crippen LogP) is 2.23. The highest BCUT2D eigenvalue weighted by Crippen LogP contribution is 2.34. The molecule has 180 valence electrons. The van der Waals surface area contributed by atoms with Gasteiger partial charge in [-0.3, -0.25) is 4.79 Å². The van der Waals surface area contributed by atoms with Crippen LogP contribution in [0.5, 0.6) is 11.5 Å². The van der Waals surface area contributed by atoms with E-state index < -0.39 is 17.9 Å². The number of hydrogen-bond acceptors (Lipinski definition) is 7. The first kappa shape index (κ1) is 23.6. The van der Waals surface area contributed by atoms with Gasteiger partial charge in [0.1, 0.15) is 35.3 Å². The Hall–Kier alpha value is -4.52. The zero-order valence-electron chi connectivity index (χ0n) is 19.6. The fraction of sp³-hybridized carbons (Fsp3) is 0.280. The highest BCUT2D eigenvalue weighted by molar-refractivity contribution is 5.96. The molecule has 0 aliphatic carbocycles. The van der Waals surface area contributed by atoms with Crippen LogP contribution in [0.15, 0.2) is 42.9 Å². The summed E-state index contributed by atoms with van der Waals surface area (Å²) in [7, 11) is 3.12. The predicted molar refractivity (Wildman–Crippen MR) is 129 cm³/mol. The van der Waals surface area contributed by atoms with Gasteiger partial charge in [-0.2, -0.15) is 0 Å². The third kappa shape index (κ3) is 4.48. The van der Waals surface area contributed by atoms with Crippen molar-refractivity contribution in [1.82, 2.24) is 19.4 Å². The number of nitrogens with zero attached hydrogens (tertiary/aromatic N) is 4. The van der Waals surface area contributed by atoms with E-state index in [-0.39, 0.29) is 30.4 Å². The number of carbonyl (C=O) groups is 2. The second-order valence-corrected chi connectivity index (χ2v) is 8.24. The Bertz CT molecular complexity index is 1380. The Morgan fingerprint density at radius 3 is 2.46 bits per heavy atom. The lowest BCUT2D eigenvalue weighted by molar-refractivity contribution is -0.146. The average molecular weight is 476 g/mol. The lowest BCUT2D eigenvalue weighted by atomic mass is 10.1. The highest BCUT2D eigenvalue weighted by atomic mass is 16.5. The van der Waals surface area contributed by atoms with Gasteiger partial charge in [0.05, 0.1) is 31.2 Å². The fourth-order valence-electron chi connectivity index (χ4n) is 4.22. The first-order chi connectivity index (χ1) is 16.7. The number of carboxylic acids is 1. The Balaban J connectivity index is 1.78. The van der Waals surface area contributed by atoms with Crippen LogP contribution in [0, 0.1) is 11.8 Å². The molecule has 1 aromatic carbocycles. The van der Waals surface area contributed by atoms with Crippen LogP contribution in [0.4, 0.5) is 5.82 Å². The van der Waals surface area contributed by atoms with Crippen LogP contribution < -0.4 is 15.2 Å². The molecule has 10 heteroatoms. The number of nitrogens with two attached hydrogens (primary N) is 1. The number of aliphatic carboxylic acids is 1. The molecule has 4 rings (SSSR count). The molecule has 2 aromatic heterocycles. The van der Waals surface area contributed by atoms with E-state index in [1.165, 1.54) is 11.2 Å². The van der Waals surface area contributed by atoms with Gasteiger partial charge in [0.2, 0.25) is 5.91 Å². The minimum absolute atomic E-state index is 0.191. The number of anilines is 1. The standard InChI is InChI=1S/C25H25N5O5/c1-14(2)24(31)30-12-17(9-20(30)25(32)33)29-11-16(21-22(26)27-13-28-23(21)29)6-5-15-7-18(34-3)10-19(8-15)35-4/h7-8,10-11,13,17,20H,1,9,12H2,2-4H3,(H,32,33)(H2,26,27,28)/t17-,20-/m0/s1. The number of amides is 1. The van der Waals surface area contributed by atoms with Crippen molar-refractivity contribution >= 4 is 28.7 Å². The summed E-state index contributed by atoms with van der Waals surface area (Å²) in [6.45, 7) is 5.43. The number of carbonyl (C=O) groups excluding carboxylic acids is 1. The number of carboxylic acid groups (broad SMARTS) is 1. The van der Waals surface area contributed by atoms with Gasteiger partial charge in [-0.1, -0.05) is 18.4 Å². The minimum atomic E-state index is -1.07. The summed E-state index contributed by atoms with van der Waals surface area (Å²) < 4.78 is 12.4. The maximum Gasteiger partial charge on any atom is 0.326 e. The summed E-state index contributed by atoms with van der Waals surface area (Å²) >= 11 is 0. The summed E-state index contributed by atoms with van der Waals surface area (Å²) in [4.78, 5) is 34.3. The van der Waals surface area contributed by atoms with Crippen molar-refractivity contribution in [1.29, 1.82) is 0 Å². The molecule has 1 aliphatic rings. The van der Waals surface area contributed by atoms with Crippen molar-refractivity contribution in [2.45, 2.75) is 25.4 Å². The van der Waals surface area contributed by atoms with Crippen LogP contribution in [-0.4, -0.2) is 63.2 Å². The summed E-state index contributed by atoms with van der Waals surface area (Å²) in [5.41, 5.74) is 8.22. The molecule has 10 nitrogen and oxygen atoms in total. The second kappa shape index (κ2) is 9.38. The molecule has 0 unspecified atom stereocenters. The van der Waals surface area contributed by atoms with E-state index in [4.69, 9.17) is 15.2 Å². The molecule has 2 atom stereocenters. The molecule has 0 bridgehead atoms. The third-order valence-electron chi connectivity index (χ3n) is 5.92. The van der Waals surface area contributed by atoms with Crippen LogP contribution in [0.1, 0.15) is 30.5 Å². The topological polar surface area (TPSA) is 133 Å². The molecule has 1 amide bonds. The van der Waals surface area contributed by atoms with Gasteiger partial charge in [-0.25, -0.2) is 14.8 Å². The van der Waals surface area contributed by atoms with Crippen LogP contribution in [0.3, 0.4) is 0 Å². The molecule has 1 saturated heterocycles. The van der Waals surface area contributed by atoms with Crippen LogP contribution >= 0.6 is 0 Å². The molecule has 3 heterocycles. The SMILES string of the molecule is C=C(C)C(=O)N1C[C@@H](n2cc(C#Cc3cc(OC)cc(OC)c3)c3c(N)ncnc32)C[C@H]1C(=O)O. The lowest BCUT2D eigenvalue weighted by Gasteiger charge is -2.21. The van der Waals surface area contributed by atoms with Gasteiger partial charge in [-0.15, -0.1) is 0 Å². The zero-order chi connectivity index (χ0) is 25.3. The smallest absolute Gasteiger partial charge is 0.326 e. The zero-order valence-corrected chi connectivity index (χ0v) is 19.6. The number of likely N-dealkylation sites (tertiary alicyclic amines) is 1. The molecule has 1 fully saturated rings. The molecular weight excluding hydrogens is 450 g/mol. The van der Waals surface area contributed by atoms with Gasteiger partial charge in [0.25, 0.3) is 0 Å². The first-order valence-electron chi connectivity index (χ1n) is 10.8. The van der Waals surface area contributed by atoms with Crippen molar-refractivity contribution in [3.05, 3.63) is 54.0 Å². The van der Waals surface area contributed by atoms with E-state index in [2.05, 4.69) is 28.4 Å². The van der Waals surface area contributed by atoms with Gasteiger partial charge in [-0.05, 0) is 19.1 Å². The number of rotatable bonds is 5. The molecule has 3 aromatic rings. The number of hydrogen-bond donors (Lipinski definition) is 2. The Morgan fingerprint density at radius 1 is 1.17 bits per heavy atom. The molecule has 3 N–H and O–H groups in total. The number of benzene rings is 1. The van der Waals surface area contributed by atoms with Crippen molar-refractivity contribution < 1.29 is 24.2 Å². The van der Waals surface area contributed by atoms with Crippen LogP contribution in [0.25, 0.3) is 11.0 Å². The first-order valence-corrected chi connectivity index (χ1v) is 10.8. The maximum atomic E-state index is 12.6. The van der Waals surface area contributed by atoms with E-state index in [1.807, 2.05) is 4.57 Å². The average Bonchev–Trinajstić information content (AvgIpc) is 3.44. The largest absolute Gasteiger partial charge is 0.497 e. The summed E-state index contributed by atoms with van der Waals surface area (Å²) in [6, 6.07) is 4.00. The monoisotopic (exact) mass is 475 g/mol. The third-order valence-corrected chi connectivity index (χ3v) is 5.92. The molecule has 0 spiro atoms. The molecule has 0 radical (unpaired) electrons. The van der Waals surface area contributed by atoms with E-state index in [1.54, 1.807) is 45.5 Å². The van der Waals surface area contributed by atoms with Crippen molar-refractivity contribution in [3.8, 4) is 23.3 Å². The molecule has 35 heavy (non-hydrogen) atoms. The van der Waals surface area contributed by atoms with Gasteiger partial charge in [0.15, 0.2) is 0 Å². The van der Waals surface area contributed by atoms with Gasteiger partial charge < -0.3 is 29.8 Å². The second-order valence-electron chi connectivity index (χ2n) is 8.24. The Kier molecular flexibility index (Phi) is 6.34. The van der Waals surface area contributed by atoms with Gasteiger partial charge >= 0.3 is 5.97 Å². The summed E-state index contributed by atoms with van der Waals surface area (Å²) in [5.74, 6) is 6.22. The normalized spacial score (nSPS) is 17.1. The number of aromatic nitrogens is 3. The minimum Gasteiger partial charge on any atom is -0.497 e. The van der Waals surface area contributed by atoms with Crippen LogP contribution in [-0.2, 0) is 9.59 Å². The van der Waals surface area contributed by atoms with E-state index in [0.717, 1.165) is 0 Å². The fourth-order valence-corrected chi connectivity index (χ4v) is 4.22. The number of ether oxygens (including phenoxy) is 2. The molecular formula is C25H25N5O5. The number of nitrogen functional groups attached to an aromatic ring is 1. The number of fused-ring (bicyclic) bond motifs is 1. The van der Waals surface area contributed by atoms with E-state index in [9.17, 15) is 14.7 Å². The van der Waals surface area contributed by atoms with Crippen molar-refractivity contribution in [2.75, 3.05) is 26.5 Å². The summed E-state index contributed by atoms with van der Waals surface area (Å²) in [5, 5.41) is 10.3. The van der Waals surface area contributed by atoms with E-state index >= 15 is 0 Å². The molecule has 0 saturated carbocycles. The van der Waals surface area contributed by atoms with Gasteiger partial charge in [0, 0.05) is 36.4 Å². The Labute approximate surface area is 202 Å². The lowest BCUT2D eigenvalue weighted by Crippen LogP contribution is -2.40. The highest BCUT2D eigenvalue weighted by Gasteiger charge is 2.41.